The number of nitrogens with two attached hydrogens (primary N) is 1. The Balaban J connectivity index is 2.45. The summed E-state index contributed by atoms with van der Waals surface area (Å²) in [6.07, 6.45) is -8.43. The number of hydrazone groups is 1. The second-order valence-electron chi connectivity index (χ2n) is 4.86. The highest BCUT2D eigenvalue weighted by atomic mass is 79.9. The van der Waals surface area contributed by atoms with Crippen LogP contribution in [-0.4, -0.2) is 22.7 Å². The number of hydrogen-bond donors (Lipinski definition) is 1. The van der Waals surface area contributed by atoms with Crippen LogP contribution in [0.25, 0.3) is 0 Å². The fraction of sp³-hybridized carbons (Fsp3) is 0.231. The van der Waals surface area contributed by atoms with Crippen molar-refractivity contribution in [1.29, 1.82) is 0 Å². The molecule has 0 bridgehead atoms. The first-order valence-electron chi connectivity index (χ1n) is 6.44. The molecule has 1 aromatic carbocycles. The molecule has 0 fully saturated rings. The molecule has 0 saturated heterocycles. The van der Waals surface area contributed by atoms with Gasteiger partial charge in [-0.2, -0.15) is 31.4 Å². The molecule has 2 rings (SSSR count). The van der Waals surface area contributed by atoms with Crippen molar-refractivity contribution in [2.75, 3.05) is 6.29 Å². The summed E-state index contributed by atoms with van der Waals surface area (Å²) in [5.74, 6) is -0.787. The zero-order valence-electron chi connectivity index (χ0n) is 12.0. The average molecular weight is 448 g/mol. The van der Waals surface area contributed by atoms with Gasteiger partial charge in [-0.15, -0.1) is 0 Å². The van der Waals surface area contributed by atoms with E-state index in [1.807, 2.05) is 0 Å². The molecule has 1 aromatic rings. The molecule has 4 nitrogen and oxygen atoms in total. The highest BCUT2D eigenvalue weighted by Gasteiger charge is 2.37. The van der Waals surface area contributed by atoms with E-state index in [0.29, 0.717) is 12.1 Å². The van der Waals surface area contributed by atoms with Crippen LogP contribution in [0.5, 0.6) is 0 Å². The Morgan fingerprint density at radius 2 is 1.68 bits per heavy atom. The van der Waals surface area contributed by atoms with E-state index in [2.05, 4.69) is 21.0 Å². The number of primary amides is 1. The molecule has 1 atom stereocenters. The Morgan fingerprint density at radius 1 is 1.16 bits per heavy atom. The smallest absolute Gasteiger partial charge is 0.365 e. The molecule has 0 spiro atoms. The van der Waals surface area contributed by atoms with Gasteiger partial charge in [-0.25, -0.2) is 0 Å². The molecule has 0 saturated carbocycles. The number of carbonyl (C=O) groups is 1. The van der Waals surface area contributed by atoms with Gasteiger partial charge in [0.15, 0.2) is 0 Å². The summed E-state index contributed by atoms with van der Waals surface area (Å²) in [7, 11) is -0.166. The van der Waals surface area contributed by atoms with Crippen molar-refractivity contribution in [2.24, 2.45) is 10.8 Å². The maximum absolute atomic E-state index is 12.9. The largest absolute Gasteiger partial charge is 0.416 e. The molecule has 136 valence electrons. The van der Waals surface area contributed by atoms with Gasteiger partial charge < -0.3 is 5.73 Å². The van der Waals surface area contributed by atoms with Gasteiger partial charge in [-0.1, -0.05) is 0 Å². The molecule has 1 amide bonds. The SMILES string of the molecule is NC(=O)/C(Br)=C/N1CPC(c2cc(C(F)(F)F)cc(C(F)(F)F)c2)=N1. The van der Waals surface area contributed by atoms with Crippen molar-refractivity contribution in [3.05, 3.63) is 45.6 Å². The van der Waals surface area contributed by atoms with Crippen LogP contribution in [0.4, 0.5) is 26.3 Å². The Kier molecular flexibility index (Phi) is 5.48. The molecule has 2 N–H and O–H groups in total. The third-order valence-corrected chi connectivity index (χ3v) is 4.80. The van der Waals surface area contributed by atoms with Crippen LogP contribution < -0.4 is 5.73 Å². The van der Waals surface area contributed by atoms with Crippen molar-refractivity contribution < 1.29 is 31.1 Å². The van der Waals surface area contributed by atoms with E-state index >= 15 is 0 Å². The van der Waals surface area contributed by atoms with Crippen LogP contribution in [0.15, 0.2) is 34.0 Å². The average Bonchev–Trinajstić information content (AvgIpc) is 2.93. The summed E-state index contributed by atoms with van der Waals surface area (Å²) in [5.41, 5.74) is 2.00. The van der Waals surface area contributed by atoms with Crippen LogP contribution in [0, 0.1) is 0 Å². The molecule has 1 aliphatic heterocycles. The summed E-state index contributed by atoms with van der Waals surface area (Å²) in [6, 6.07) is 1.30. The van der Waals surface area contributed by atoms with Gasteiger partial charge in [0.05, 0.1) is 27.3 Å². The molecule has 0 radical (unpaired) electrons. The minimum atomic E-state index is -4.92. The predicted molar refractivity (Wildman–Crippen MR) is 84.2 cm³/mol. The van der Waals surface area contributed by atoms with Crippen molar-refractivity contribution in [2.45, 2.75) is 12.4 Å². The standard InChI is InChI=1S/C13H9BrF6N3OP/c14-9(10(21)24)4-23-5-25-11(22-23)6-1-7(12(15,16)17)3-8(2-6)13(18,19)20/h1-4,25H,5H2,(H2,21,24)/b9-4-. The van der Waals surface area contributed by atoms with Crippen LogP contribution in [0.1, 0.15) is 16.7 Å². The first-order valence-corrected chi connectivity index (χ1v) is 8.44. The Bertz CT molecular complexity index is 727. The lowest BCUT2D eigenvalue weighted by Crippen LogP contribution is -2.14. The summed E-state index contributed by atoms with van der Waals surface area (Å²) in [5, 5.41) is 5.16. The van der Waals surface area contributed by atoms with Crippen molar-refractivity contribution in [1.82, 2.24) is 5.01 Å². The number of nitrogens with zero attached hydrogens (tertiary/aromatic N) is 2. The predicted octanol–water partition coefficient (Wildman–Crippen LogP) is 4.06. The lowest BCUT2D eigenvalue weighted by molar-refractivity contribution is -0.143. The highest BCUT2D eigenvalue weighted by Crippen LogP contribution is 2.38. The molecule has 0 aromatic heterocycles. The molecule has 1 aliphatic rings. The van der Waals surface area contributed by atoms with Crippen molar-refractivity contribution >= 4 is 35.9 Å². The molecular formula is C13H9BrF6N3OP. The monoisotopic (exact) mass is 447 g/mol. The molecule has 1 heterocycles. The Labute approximate surface area is 147 Å². The molecule has 25 heavy (non-hydrogen) atoms. The Hall–Kier alpha value is -1.61. The highest BCUT2D eigenvalue weighted by molar-refractivity contribution is 9.12. The fourth-order valence-electron chi connectivity index (χ4n) is 1.88. The van der Waals surface area contributed by atoms with Gasteiger partial charge in [0, 0.05) is 11.8 Å². The number of amides is 1. The topological polar surface area (TPSA) is 58.7 Å². The normalized spacial score (nSPS) is 17.2. The van der Waals surface area contributed by atoms with Gasteiger partial charge in [0.1, 0.15) is 0 Å². The fourth-order valence-corrected chi connectivity index (χ4v) is 3.13. The maximum atomic E-state index is 12.9. The first kappa shape index (κ1) is 19.7. The van der Waals surface area contributed by atoms with E-state index < -0.39 is 29.4 Å². The number of hydrogen-bond acceptors (Lipinski definition) is 3. The quantitative estimate of drug-likeness (QED) is 0.431. The molecule has 12 heteroatoms. The van der Waals surface area contributed by atoms with E-state index in [-0.39, 0.29) is 36.4 Å². The van der Waals surface area contributed by atoms with E-state index in [1.54, 1.807) is 0 Å². The van der Waals surface area contributed by atoms with E-state index in [0.717, 1.165) is 0 Å². The lowest BCUT2D eigenvalue weighted by Gasteiger charge is -2.14. The summed E-state index contributed by atoms with van der Waals surface area (Å²) >= 11 is 2.89. The number of alkyl halides is 6. The minimum absolute atomic E-state index is 0.0256. The maximum Gasteiger partial charge on any atom is 0.416 e. The molecule has 0 aliphatic carbocycles. The summed E-state index contributed by atoms with van der Waals surface area (Å²) in [4.78, 5) is 10.9. The van der Waals surface area contributed by atoms with Crippen LogP contribution in [0.3, 0.4) is 0 Å². The molecular weight excluding hydrogens is 439 g/mol. The first-order chi connectivity index (χ1) is 11.4. The zero-order valence-corrected chi connectivity index (χ0v) is 14.6. The van der Waals surface area contributed by atoms with E-state index in [1.165, 1.54) is 11.2 Å². The van der Waals surface area contributed by atoms with Gasteiger partial charge in [-0.3, -0.25) is 9.80 Å². The molecule has 1 unspecified atom stereocenters. The van der Waals surface area contributed by atoms with Crippen LogP contribution in [-0.2, 0) is 17.1 Å². The van der Waals surface area contributed by atoms with Crippen molar-refractivity contribution in [3.63, 3.8) is 0 Å². The van der Waals surface area contributed by atoms with Crippen LogP contribution in [0.2, 0.25) is 0 Å². The number of benzene rings is 1. The third-order valence-electron chi connectivity index (χ3n) is 3.00. The number of halogens is 7. The third kappa shape index (κ3) is 4.94. The van der Waals surface area contributed by atoms with Crippen LogP contribution >= 0.6 is 24.5 Å². The number of rotatable bonds is 3. The zero-order chi connectivity index (χ0) is 19.0. The van der Waals surface area contributed by atoms with Gasteiger partial charge >= 0.3 is 12.4 Å². The number of carbonyl (C=O) groups excluding carboxylic acids is 1. The van der Waals surface area contributed by atoms with E-state index in [9.17, 15) is 31.1 Å². The minimum Gasteiger partial charge on any atom is -0.365 e. The van der Waals surface area contributed by atoms with Gasteiger partial charge in [0.25, 0.3) is 5.91 Å². The van der Waals surface area contributed by atoms with E-state index in [4.69, 9.17) is 5.73 Å². The summed E-state index contributed by atoms with van der Waals surface area (Å²) in [6.45, 7) is 0. The van der Waals surface area contributed by atoms with Gasteiger partial charge in [-0.05, 0) is 42.7 Å². The lowest BCUT2D eigenvalue weighted by atomic mass is 10.1. The van der Waals surface area contributed by atoms with Gasteiger partial charge in [0.2, 0.25) is 0 Å². The summed E-state index contributed by atoms with van der Waals surface area (Å²) < 4.78 is 77.2. The second-order valence-corrected chi connectivity index (χ2v) is 6.86. The Morgan fingerprint density at radius 3 is 2.12 bits per heavy atom. The second kappa shape index (κ2) is 6.95. The van der Waals surface area contributed by atoms with Crippen molar-refractivity contribution in [3.8, 4) is 0 Å².